The van der Waals surface area contributed by atoms with Gasteiger partial charge in [-0.1, -0.05) is 31.8 Å². The maximum absolute atomic E-state index is 12.7. The predicted molar refractivity (Wildman–Crippen MR) is 78.1 cm³/mol. The molecule has 1 saturated carbocycles. The fraction of sp³-hybridized carbons (Fsp3) is 0.824. The molecule has 1 heterocycles. The number of fused-ring (bicyclic) bond motifs is 1. The maximum atomic E-state index is 12.7. The van der Waals surface area contributed by atoms with Crippen LogP contribution in [0.15, 0.2) is 11.6 Å². The summed E-state index contributed by atoms with van der Waals surface area (Å²) in [5.74, 6) is 1.20. The van der Waals surface area contributed by atoms with E-state index in [1.807, 2.05) is 0 Å². The zero-order chi connectivity index (χ0) is 13.1. The molecule has 106 valence electrons. The molecule has 1 N–H and O–H groups in total. The lowest BCUT2D eigenvalue weighted by Crippen LogP contribution is -2.37. The minimum absolute atomic E-state index is 0.138. The Labute approximate surface area is 117 Å². The Morgan fingerprint density at radius 2 is 1.89 bits per heavy atom. The van der Waals surface area contributed by atoms with E-state index in [4.69, 9.17) is 0 Å². The highest BCUT2D eigenvalue weighted by molar-refractivity contribution is 5.99. The van der Waals surface area contributed by atoms with E-state index in [-0.39, 0.29) is 6.04 Å². The van der Waals surface area contributed by atoms with E-state index in [0.29, 0.717) is 11.8 Å². The Morgan fingerprint density at radius 1 is 1.05 bits per heavy atom. The summed E-state index contributed by atoms with van der Waals surface area (Å²) in [6, 6.07) is 0.774. The van der Waals surface area contributed by atoms with E-state index in [1.54, 1.807) is 0 Å². The molecule has 0 bridgehead atoms. The van der Waals surface area contributed by atoms with Crippen molar-refractivity contribution >= 4 is 5.78 Å². The van der Waals surface area contributed by atoms with Crippen LogP contribution in [0.2, 0.25) is 0 Å². The first kappa shape index (κ1) is 13.4. The van der Waals surface area contributed by atoms with Crippen LogP contribution in [-0.4, -0.2) is 17.9 Å². The highest BCUT2D eigenvalue weighted by atomic mass is 16.1. The Bertz CT molecular complexity index is 346. The molecular formula is C17H27NO. The molecule has 0 amide bonds. The second-order valence-corrected chi connectivity index (χ2v) is 6.65. The summed E-state index contributed by atoms with van der Waals surface area (Å²) in [7, 11) is 0. The molecule has 3 rings (SSSR count). The van der Waals surface area contributed by atoms with Crippen molar-refractivity contribution in [3.8, 4) is 0 Å². The van der Waals surface area contributed by atoms with E-state index >= 15 is 0 Å². The molecule has 2 heteroatoms. The molecule has 0 aromatic heterocycles. The standard InChI is InChI=1S/C17H27NO/c19-17(13-8-4-2-1-3-5-9-13)16-12-14-10-6-7-11-15(14)18-16/h8,14-16,18H,1-7,9-12H2. The molecule has 2 nitrogen and oxygen atoms in total. The Hall–Kier alpha value is -0.630. The highest BCUT2D eigenvalue weighted by Crippen LogP contribution is 2.34. The van der Waals surface area contributed by atoms with Gasteiger partial charge >= 0.3 is 0 Å². The van der Waals surface area contributed by atoms with Crippen LogP contribution >= 0.6 is 0 Å². The van der Waals surface area contributed by atoms with Gasteiger partial charge in [0.15, 0.2) is 5.78 Å². The van der Waals surface area contributed by atoms with Crippen LogP contribution in [0.25, 0.3) is 0 Å². The summed E-state index contributed by atoms with van der Waals surface area (Å²) < 4.78 is 0. The average Bonchev–Trinajstić information content (AvgIpc) is 2.81. The molecule has 0 radical (unpaired) electrons. The molecular weight excluding hydrogens is 234 g/mol. The van der Waals surface area contributed by atoms with Crippen LogP contribution < -0.4 is 5.32 Å². The van der Waals surface area contributed by atoms with Crippen molar-refractivity contribution in [1.82, 2.24) is 5.32 Å². The van der Waals surface area contributed by atoms with Crippen LogP contribution in [0.1, 0.15) is 70.6 Å². The monoisotopic (exact) mass is 261 g/mol. The summed E-state index contributed by atoms with van der Waals surface area (Å²) in [5, 5.41) is 3.64. The van der Waals surface area contributed by atoms with Gasteiger partial charge in [-0.25, -0.2) is 0 Å². The third-order valence-electron chi connectivity index (χ3n) is 5.29. The highest BCUT2D eigenvalue weighted by Gasteiger charge is 2.38. The third kappa shape index (κ3) is 3.10. The molecule has 2 aliphatic carbocycles. The molecule has 0 aromatic rings. The zero-order valence-electron chi connectivity index (χ0n) is 12.0. The lowest BCUT2D eigenvalue weighted by molar-refractivity contribution is -0.117. The van der Waals surface area contributed by atoms with Crippen molar-refractivity contribution in [2.24, 2.45) is 5.92 Å². The number of Topliss-reactive ketones (excluding diaryl/α,β-unsaturated/α-hetero) is 1. The molecule has 3 aliphatic rings. The van der Waals surface area contributed by atoms with Crippen LogP contribution in [-0.2, 0) is 4.79 Å². The van der Waals surface area contributed by atoms with Crippen molar-refractivity contribution in [3.05, 3.63) is 11.6 Å². The lowest BCUT2D eigenvalue weighted by Gasteiger charge is -2.24. The van der Waals surface area contributed by atoms with Gasteiger partial charge in [0.1, 0.15) is 0 Å². The Kier molecular flexibility index (Phi) is 4.37. The molecule has 3 unspecified atom stereocenters. The molecule has 0 aromatic carbocycles. The number of carbonyl (C=O) groups is 1. The van der Waals surface area contributed by atoms with Crippen molar-refractivity contribution in [2.75, 3.05) is 0 Å². The maximum Gasteiger partial charge on any atom is 0.175 e. The predicted octanol–water partition coefficient (Wildman–Crippen LogP) is 3.76. The van der Waals surface area contributed by atoms with Crippen LogP contribution in [0, 0.1) is 5.92 Å². The first-order valence-electron chi connectivity index (χ1n) is 8.34. The number of ketones is 1. The van der Waals surface area contributed by atoms with Gasteiger partial charge in [-0.15, -0.1) is 0 Å². The summed E-state index contributed by atoms with van der Waals surface area (Å²) in [6.45, 7) is 0. The SMILES string of the molecule is O=C(C1=CCCCCCC1)C1CC2CCCCC2N1. The van der Waals surface area contributed by atoms with Gasteiger partial charge < -0.3 is 5.32 Å². The lowest BCUT2D eigenvalue weighted by atomic mass is 9.84. The Balaban J connectivity index is 1.63. The quantitative estimate of drug-likeness (QED) is 0.820. The molecule has 1 aliphatic heterocycles. The third-order valence-corrected chi connectivity index (χ3v) is 5.29. The van der Waals surface area contributed by atoms with Crippen molar-refractivity contribution in [3.63, 3.8) is 0 Å². The van der Waals surface area contributed by atoms with E-state index in [2.05, 4.69) is 11.4 Å². The number of hydrogen-bond donors (Lipinski definition) is 1. The van der Waals surface area contributed by atoms with Crippen LogP contribution in [0.5, 0.6) is 0 Å². The summed E-state index contributed by atoms with van der Waals surface area (Å²) >= 11 is 0. The summed E-state index contributed by atoms with van der Waals surface area (Å²) in [6.07, 6.45) is 15.9. The number of hydrogen-bond acceptors (Lipinski definition) is 2. The van der Waals surface area contributed by atoms with Crippen LogP contribution in [0.4, 0.5) is 0 Å². The van der Waals surface area contributed by atoms with E-state index < -0.39 is 0 Å². The van der Waals surface area contributed by atoms with Gasteiger partial charge in [-0.05, 0) is 56.4 Å². The fourth-order valence-corrected chi connectivity index (χ4v) is 4.16. The van der Waals surface area contributed by atoms with Gasteiger partial charge in [0, 0.05) is 6.04 Å². The number of rotatable bonds is 2. The van der Waals surface area contributed by atoms with Gasteiger partial charge in [-0.2, -0.15) is 0 Å². The topological polar surface area (TPSA) is 29.1 Å². The molecule has 3 atom stereocenters. The van der Waals surface area contributed by atoms with Gasteiger partial charge in [0.2, 0.25) is 0 Å². The number of nitrogens with one attached hydrogen (secondary N) is 1. The van der Waals surface area contributed by atoms with Crippen molar-refractivity contribution < 1.29 is 4.79 Å². The molecule has 19 heavy (non-hydrogen) atoms. The molecule has 2 fully saturated rings. The fourth-order valence-electron chi connectivity index (χ4n) is 4.16. The zero-order valence-corrected chi connectivity index (χ0v) is 12.0. The molecule has 1 saturated heterocycles. The normalized spacial score (nSPS) is 36.0. The van der Waals surface area contributed by atoms with E-state index in [1.165, 1.54) is 51.4 Å². The average molecular weight is 261 g/mol. The first-order valence-corrected chi connectivity index (χ1v) is 8.34. The van der Waals surface area contributed by atoms with E-state index in [0.717, 1.165) is 30.8 Å². The summed E-state index contributed by atoms with van der Waals surface area (Å²) in [4.78, 5) is 12.7. The largest absolute Gasteiger partial charge is 0.304 e. The number of allylic oxidation sites excluding steroid dienone is 1. The molecule has 0 spiro atoms. The Morgan fingerprint density at radius 3 is 2.79 bits per heavy atom. The van der Waals surface area contributed by atoms with Crippen LogP contribution in [0.3, 0.4) is 0 Å². The number of carbonyl (C=O) groups excluding carboxylic acids is 1. The van der Waals surface area contributed by atoms with Crippen molar-refractivity contribution in [1.29, 1.82) is 0 Å². The summed E-state index contributed by atoms with van der Waals surface area (Å²) in [5.41, 5.74) is 1.14. The first-order chi connectivity index (χ1) is 9.34. The van der Waals surface area contributed by atoms with E-state index in [9.17, 15) is 4.79 Å². The second kappa shape index (κ2) is 6.21. The van der Waals surface area contributed by atoms with Gasteiger partial charge in [0.05, 0.1) is 6.04 Å². The minimum Gasteiger partial charge on any atom is -0.304 e. The minimum atomic E-state index is 0.138. The van der Waals surface area contributed by atoms with Crippen molar-refractivity contribution in [2.45, 2.75) is 82.7 Å². The van der Waals surface area contributed by atoms with Gasteiger partial charge in [0.25, 0.3) is 0 Å². The second-order valence-electron chi connectivity index (χ2n) is 6.65. The smallest absolute Gasteiger partial charge is 0.175 e. The van der Waals surface area contributed by atoms with Gasteiger partial charge in [-0.3, -0.25) is 4.79 Å².